The highest BCUT2D eigenvalue weighted by Gasteiger charge is 2.52. The smallest absolute Gasteiger partial charge is 0.399 e. The molecule has 0 amide bonds. The van der Waals surface area contributed by atoms with E-state index < -0.39 is 7.12 Å². The van der Waals surface area contributed by atoms with Crippen LogP contribution in [0.5, 0.6) is 0 Å². The standard InChI is InChI=1S/C30H27BN2O2/c1-29(2)30(3,4)35-31(34-29)25-16-15-22(23-9-5-6-10-24(23)25)21-13-12-20-14-17-27(33-28(20)19-21)26-11-7-8-18-32-26/h5-19H,1-4H3. The van der Waals surface area contributed by atoms with Crippen LogP contribution in [-0.2, 0) is 9.31 Å². The summed E-state index contributed by atoms with van der Waals surface area (Å²) in [7, 11) is -0.404. The number of rotatable bonds is 3. The molecular weight excluding hydrogens is 431 g/mol. The van der Waals surface area contributed by atoms with Gasteiger partial charge < -0.3 is 9.31 Å². The van der Waals surface area contributed by atoms with E-state index in [-0.39, 0.29) is 11.2 Å². The van der Waals surface area contributed by atoms with Crippen LogP contribution in [0.2, 0.25) is 0 Å². The SMILES string of the molecule is CC1(C)OB(c2ccc(-c3ccc4ccc(-c5ccccn5)nc4c3)c3ccccc23)OC1(C)C. The van der Waals surface area contributed by atoms with Gasteiger partial charge in [-0.3, -0.25) is 4.98 Å². The van der Waals surface area contributed by atoms with E-state index in [1.54, 1.807) is 6.20 Å². The Bertz CT molecular complexity index is 1550. The van der Waals surface area contributed by atoms with Crippen molar-refractivity contribution in [3.05, 3.63) is 91.1 Å². The van der Waals surface area contributed by atoms with Crippen LogP contribution >= 0.6 is 0 Å². The topological polar surface area (TPSA) is 44.2 Å². The van der Waals surface area contributed by atoms with Crippen LogP contribution < -0.4 is 5.46 Å². The highest BCUT2D eigenvalue weighted by Crippen LogP contribution is 2.38. The van der Waals surface area contributed by atoms with Gasteiger partial charge in [-0.25, -0.2) is 4.98 Å². The molecule has 6 rings (SSSR count). The van der Waals surface area contributed by atoms with Gasteiger partial charge in [0.25, 0.3) is 0 Å². The van der Waals surface area contributed by atoms with Crippen molar-refractivity contribution in [3.8, 4) is 22.5 Å². The second-order valence-electron chi connectivity index (χ2n) is 10.2. The van der Waals surface area contributed by atoms with Gasteiger partial charge >= 0.3 is 7.12 Å². The fraction of sp³-hybridized carbons (Fsp3) is 0.200. The van der Waals surface area contributed by atoms with E-state index in [9.17, 15) is 0 Å². The number of benzene rings is 3. The molecule has 0 spiro atoms. The van der Waals surface area contributed by atoms with Crippen LogP contribution in [0.25, 0.3) is 44.2 Å². The van der Waals surface area contributed by atoms with Crippen molar-refractivity contribution in [1.82, 2.24) is 9.97 Å². The van der Waals surface area contributed by atoms with Gasteiger partial charge in [-0.15, -0.1) is 0 Å². The van der Waals surface area contributed by atoms with Crippen molar-refractivity contribution in [3.63, 3.8) is 0 Å². The highest BCUT2D eigenvalue weighted by atomic mass is 16.7. The molecule has 1 aliphatic rings. The van der Waals surface area contributed by atoms with E-state index in [4.69, 9.17) is 14.3 Å². The number of nitrogens with zero attached hydrogens (tertiary/aromatic N) is 2. The maximum Gasteiger partial charge on any atom is 0.495 e. The third-order valence-electron chi connectivity index (χ3n) is 7.40. The third-order valence-corrected chi connectivity index (χ3v) is 7.40. The molecule has 0 unspecified atom stereocenters. The number of fused-ring (bicyclic) bond motifs is 2. The summed E-state index contributed by atoms with van der Waals surface area (Å²) in [5.41, 5.74) is 5.27. The Kier molecular flexibility index (Phi) is 5.03. The molecule has 0 aliphatic carbocycles. The first kappa shape index (κ1) is 22.0. The average molecular weight is 458 g/mol. The molecule has 0 bridgehead atoms. The summed E-state index contributed by atoms with van der Waals surface area (Å²) in [4.78, 5) is 9.38. The van der Waals surface area contributed by atoms with Gasteiger partial charge in [0.05, 0.1) is 28.1 Å². The summed E-state index contributed by atoms with van der Waals surface area (Å²) in [6, 6.07) is 29.3. The summed E-state index contributed by atoms with van der Waals surface area (Å²) >= 11 is 0. The lowest BCUT2D eigenvalue weighted by Crippen LogP contribution is -2.41. The minimum Gasteiger partial charge on any atom is -0.399 e. The largest absolute Gasteiger partial charge is 0.495 e. The monoisotopic (exact) mass is 458 g/mol. The van der Waals surface area contributed by atoms with Crippen LogP contribution in [-0.4, -0.2) is 28.3 Å². The number of aromatic nitrogens is 2. The van der Waals surface area contributed by atoms with E-state index in [1.807, 2.05) is 24.3 Å². The normalized spacial score (nSPS) is 16.7. The zero-order valence-corrected chi connectivity index (χ0v) is 20.4. The molecule has 5 heteroatoms. The van der Waals surface area contributed by atoms with Crippen molar-refractivity contribution < 1.29 is 9.31 Å². The molecule has 1 fully saturated rings. The number of hydrogen-bond acceptors (Lipinski definition) is 4. The third kappa shape index (κ3) is 3.72. The maximum absolute atomic E-state index is 6.38. The summed E-state index contributed by atoms with van der Waals surface area (Å²) in [6.45, 7) is 8.35. The molecule has 0 N–H and O–H groups in total. The summed E-state index contributed by atoms with van der Waals surface area (Å²) in [6.07, 6.45) is 1.80. The number of hydrogen-bond donors (Lipinski definition) is 0. The maximum atomic E-state index is 6.38. The Labute approximate surface area is 206 Å². The second kappa shape index (κ2) is 8.01. The molecule has 35 heavy (non-hydrogen) atoms. The zero-order chi connectivity index (χ0) is 24.2. The van der Waals surface area contributed by atoms with Crippen molar-refractivity contribution in [2.45, 2.75) is 38.9 Å². The predicted molar refractivity (Wildman–Crippen MR) is 144 cm³/mol. The summed E-state index contributed by atoms with van der Waals surface area (Å²) in [5.74, 6) is 0. The molecule has 5 aromatic rings. The quantitative estimate of drug-likeness (QED) is 0.293. The van der Waals surface area contributed by atoms with Gasteiger partial charge in [0.2, 0.25) is 0 Å². The molecule has 3 aromatic carbocycles. The first-order valence-corrected chi connectivity index (χ1v) is 12.0. The fourth-order valence-electron chi connectivity index (χ4n) is 4.69. The molecule has 0 atom stereocenters. The van der Waals surface area contributed by atoms with Crippen LogP contribution in [0, 0.1) is 0 Å². The van der Waals surface area contributed by atoms with Gasteiger partial charge in [0, 0.05) is 11.6 Å². The molecule has 2 aromatic heterocycles. The Balaban J connectivity index is 1.46. The minimum absolute atomic E-state index is 0.382. The molecule has 1 saturated heterocycles. The molecule has 172 valence electrons. The molecule has 0 radical (unpaired) electrons. The van der Waals surface area contributed by atoms with Crippen molar-refractivity contribution >= 4 is 34.3 Å². The molecule has 0 saturated carbocycles. The average Bonchev–Trinajstić information content (AvgIpc) is 3.09. The summed E-state index contributed by atoms with van der Waals surface area (Å²) < 4.78 is 12.8. The van der Waals surface area contributed by atoms with Gasteiger partial charge in [-0.1, -0.05) is 60.7 Å². The van der Waals surface area contributed by atoms with E-state index in [0.717, 1.165) is 44.3 Å². The first-order valence-electron chi connectivity index (χ1n) is 12.0. The fourth-order valence-corrected chi connectivity index (χ4v) is 4.69. The van der Waals surface area contributed by atoms with Crippen molar-refractivity contribution in [1.29, 1.82) is 0 Å². The van der Waals surface area contributed by atoms with Crippen LogP contribution in [0.4, 0.5) is 0 Å². The van der Waals surface area contributed by atoms with Gasteiger partial charge in [-0.05, 0) is 79.3 Å². The lowest BCUT2D eigenvalue weighted by molar-refractivity contribution is 0.00578. The Hall–Kier alpha value is -3.54. The van der Waals surface area contributed by atoms with Crippen molar-refractivity contribution in [2.24, 2.45) is 0 Å². The van der Waals surface area contributed by atoms with E-state index in [0.29, 0.717) is 0 Å². The van der Waals surface area contributed by atoms with Gasteiger partial charge in [0.15, 0.2) is 0 Å². The molecule has 1 aliphatic heterocycles. The first-order chi connectivity index (χ1) is 16.8. The van der Waals surface area contributed by atoms with Crippen LogP contribution in [0.15, 0.2) is 91.1 Å². The van der Waals surface area contributed by atoms with E-state index in [1.165, 1.54) is 5.39 Å². The molecule has 4 nitrogen and oxygen atoms in total. The molecular formula is C30H27BN2O2. The molecule has 3 heterocycles. The van der Waals surface area contributed by atoms with E-state index >= 15 is 0 Å². The Morgan fingerprint density at radius 1 is 0.686 bits per heavy atom. The Morgan fingerprint density at radius 3 is 2.14 bits per heavy atom. The predicted octanol–water partition coefficient (Wildman–Crippen LogP) is 6.42. The van der Waals surface area contributed by atoms with Crippen molar-refractivity contribution in [2.75, 3.05) is 0 Å². The van der Waals surface area contributed by atoms with Crippen LogP contribution in [0.3, 0.4) is 0 Å². The highest BCUT2D eigenvalue weighted by molar-refractivity contribution is 6.65. The van der Waals surface area contributed by atoms with Crippen LogP contribution in [0.1, 0.15) is 27.7 Å². The zero-order valence-electron chi connectivity index (χ0n) is 20.4. The van der Waals surface area contributed by atoms with E-state index in [2.05, 4.69) is 93.3 Å². The minimum atomic E-state index is -0.404. The van der Waals surface area contributed by atoms with Gasteiger partial charge in [0.1, 0.15) is 0 Å². The Morgan fingerprint density at radius 2 is 1.40 bits per heavy atom. The lowest BCUT2D eigenvalue weighted by atomic mass is 9.75. The lowest BCUT2D eigenvalue weighted by Gasteiger charge is -2.32. The second-order valence-corrected chi connectivity index (χ2v) is 10.2. The summed E-state index contributed by atoms with van der Waals surface area (Å²) in [5, 5.41) is 3.41. The number of pyridine rings is 2. The van der Waals surface area contributed by atoms with Gasteiger partial charge in [-0.2, -0.15) is 0 Å².